The maximum Gasteiger partial charge on any atom is 0.348 e. The van der Waals surface area contributed by atoms with Crippen LogP contribution in [-0.2, 0) is 23.9 Å². The molecule has 110 valence electrons. The van der Waals surface area contributed by atoms with E-state index in [4.69, 9.17) is 9.47 Å². The van der Waals surface area contributed by atoms with Crippen molar-refractivity contribution in [2.45, 2.75) is 26.6 Å². The number of benzene rings is 1. The highest BCUT2D eigenvalue weighted by atomic mass is 16.7. The second-order valence-electron chi connectivity index (χ2n) is 5.01. The molecule has 0 unspecified atom stereocenters. The number of hydrogen-bond acceptors (Lipinski definition) is 5. The highest BCUT2D eigenvalue weighted by molar-refractivity contribution is 6.19. The summed E-state index contributed by atoms with van der Waals surface area (Å²) in [4.78, 5) is 34.9. The van der Waals surface area contributed by atoms with E-state index >= 15 is 0 Å². The zero-order valence-electron chi connectivity index (χ0n) is 11.9. The number of carbonyl (C=O) groups excluding carboxylic acids is 3. The third-order valence-corrected chi connectivity index (χ3v) is 2.69. The Bertz CT molecular complexity index is 623. The van der Waals surface area contributed by atoms with Crippen LogP contribution in [0.25, 0.3) is 6.08 Å². The number of esters is 2. The third-order valence-electron chi connectivity index (χ3n) is 2.69. The largest absolute Gasteiger partial charge is 0.419 e. The Kier molecular flexibility index (Phi) is 3.80. The molecule has 0 radical (unpaired) electrons. The summed E-state index contributed by atoms with van der Waals surface area (Å²) in [6, 6.07) is 6.78. The average molecular weight is 289 g/mol. The summed E-state index contributed by atoms with van der Waals surface area (Å²) < 4.78 is 10.0. The van der Waals surface area contributed by atoms with Crippen LogP contribution in [0.3, 0.4) is 0 Å². The summed E-state index contributed by atoms with van der Waals surface area (Å²) in [5, 5.41) is 2.62. The molecule has 0 spiro atoms. The lowest BCUT2D eigenvalue weighted by Gasteiger charge is -2.29. The van der Waals surface area contributed by atoms with Gasteiger partial charge in [0, 0.05) is 26.5 Å². The van der Waals surface area contributed by atoms with E-state index in [0.29, 0.717) is 11.3 Å². The molecule has 2 rings (SSSR count). The number of hydrogen-bond donors (Lipinski definition) is 1. The highest BCUT2D eigenvalue weighted by Crippen LogP contribution is 2.26. The fourth-order valence-corrected chi connectivity index (χ4v) is 1.86. The van der Waals surface area contributed by atoms with Crippen molar-refractivity contribution >= 4 is 29.6 Å². The van der Waals surface area contributed by atoms with Gasteiger partial charge in [-0.3, -0.25) is 4.79 Å². The normalized spacial score (nSPS) is 16.8. The number of carbonyl (C=O) groups is 3. The van der Waals surface area contributed by atoms with Crippen molar-refractivity contribution in [3.8, 4) is 0 Å². The number of amides is 1. The van der Waals surface area contributed by atoms with Gasteiger partial charge in [-0.25, -0.2) is 9.59 Å². The van der Waals surface area contributed by atoms with Crippen molar-refractivity contribution in [3.05, 3.63) is 35.4 Å². The van der Waals surface area contributed by atoms with Crippen LogP contribution in [0.2, 0.25) is 0 Å². The monoisotopic (exact) mass is 289 g/mol. The van der Waals surface area contributed by atoms with E-state index in [9.17, 15) is 14.4 Å². The number of anilines is 1. The Morgan fingerprint density at radius 3 is 2.29 bits per heavy atom. The smallest absolute Gasteiger partial charge is 0.348 e. The second-order valence-corrected chi connectivity index (χ2v) is 5.01. The van der Waals surface area contributed by atoms with Crippen LogP contribution >= 0.6 is 0 Å². The van der Waals surface area contributed by atoms with E-state index < -0.39 is 17.7 Å². The van der Waals surface area contributed by atoms with E-state index in [0.717, 1.165) is 0 Å². The van der Waals surface area contributed by atoms with Gasteiger partial charge in [-0.1, -0.05) is 18.2 Å². The lowest BCUT2D eigenvalue weighted by atomic mass is 10.1. The summed E-state index contributed by atoms with van der Waals surface area (Å²) >= 11 is 0. The van der Waals surface area contributed by atoms with Gasteiger partial charge in [0.25, 0.3) is 5.79 Å². The number of nitrogens with one attached hydrogen (secondary N) is 1. The molecule has 1 fully saturated rings. The van der Waals surface area contributed by atoms with E-state index in [1.54, 1.807) is 24.3 Å². The Labute approximate surface area is 121 Å². The quantitative estimate of drug-likeness (QED) is 0.510. The predicted octanol–water partition coefficient (Wildman–Crippen LogP) is 1.86. The van der Waals surface area contributed by atoms with Crippen LogP contribution in [0.4, 0.5) is 5.69 Å². The standard InChI is InChI=1S/C15H15NO5/c1-9(17)16-12-7-5-4-6-10(12)8-11-13(18)20-15(2,3)21-14(11)19/h4-8H,1-3H3,(H,16,17). The lowest BCUT2D eigenvalue weighted by molar-refractivity contribution is -0.222. The van der Waals surface area contributed by atoms with Gasteiger partial charge in [0.1, 0.15) is 5.57 Å². The van der Waals surface area contributed by atoms with E-state index in [2.05, 4.69) is 5.32 Å². The number of para-hydroxylation sites is 1. The van der Waals surface area contributed by atoms with E-state index in [1.807, 2.05) is 0 Å². The molecule has 1 aliphatic rings. The Balaban J connectivity index is 2.38. The molecule has 0 aromatic heterocycles. The molecule has 6 heteroatoms. The number of ether oxygens (including phenoxy) is 2. The summed E-state index contributed by atoms with van der Waals surface area (Å²) in [6.07, 6.45) is 1.34. The van der Waals surface area contributed by atoms with E-state index in [1.165, 1.54) is 26.8 Å². The number of cyclic esters (lactones) is 2. The molecule has 21 heavy (non-hydrogen) atoms. The van der Waals surface area contributed by atoms with Crippen molar-refractivity contribution in [2.75, 3.05) is 5.32 Å². The molecule has 1 N–H and O–H groups in total. The molecular weight excluding hydrogens is 274 g/mol. The Morgan fingerprint density at radius 1 is 1.14 bits per heavy atom. The summed E-state index contributed by atoms with van der Waals surface area (Å²) in [6.45, 7) is 4.32. The van der Waals surface area contributed by atoms with Crippen LogP contribution in [0, 0.1) is 0 Å². The van der Waals surface area contributed by atoms with Crippen LogP contribution in [-0.4, -0.2) is 23.6 Å². The van der Waals surface area contributed by atoms with Gasteiger partial charge in [-0.15, -0.1) is 0 Å². The van der Waals surface area contributed by atoms with Gasteiger partial charge in [0.15, 0.2) is 0 Å². The van der Waals surface area contributed by atoms with Crippen molar-refractivity contribution in [1.82, 2.24) is 0 Å². The average Bonchev–Trinajstić information content (AvgIpc) is 2.33. The third kappa shape index (κ3) is 3.47. The maximum absolute atomic E-state index is 11.9. The minimum atomic E-state index is -1.28. The molecule has 6 nitrogen and oxygen atoms in total. The summed E-state index contributed by atoms with van der Waals surface area (Å²) in [7, 11) is 0. The first-order valence-electron chi connectivity index (χ1n) is 6.33. The van der Waals surface area contributed by atoms with Crippen LogP contribution < -0.4 is 5.32 Å². The summed E-state index contributed by atoms with van der Waals surface area (Å²) in [5.41, 5.74) is 0.784. The van der Waals surface area contributed by atoms with Gasteiger partial charge in [-0.05, 0) is 17.7 Å². The van der Waals surface area contributed by atoms with Crippen molar-refractivity contribution in [3.63, 3.8) is 0 Å². The molecule has 0 saturated carbocycles. The molecule has 0 bridgehead atoms. The lowest BCUT2D eigenvalue weighted by Crippen LogP contribution is -2.41. The molecule has 0 aliphatic carbocycles. The van der Waals surface area contributed by atoms with Crippen LogP contribution in [0.1, 0.15) is 26.3 Å². The van der Waals surface area contributed by atoms with Gasteiger partial charge in [-0.2, -0.15) is 0 Å². The first-order chi connectivity index (χ1) is 9.78. The van der Waals surface area contributed by atoms with Gasteiger partial charge >= 0.3 is 11.9 Å². The van der Waals surface area contributed by atoms with Gasteiger partial charge in [0.05, 0.1) is 0 Å². The fraction of sp³-hybridized carbons (Fsp3) is 0.267. The molecule has 1 saturated heterocycles. The van der Waals surface area contributed by atoms with E-state index in [-0.39, 0.29) is 11.5 Å². The maximum atomic E-state index is 11.9. The molecule has 1 aromatic rings. The van der Waals surface area contributed by atoms with Crippen LogP contribution in [0.15, 0.2) is 29.8 Å². The Hall–Kier alpha value is -2.63. The van der Waals surface area contributed by atoms with Crippen molar-refractivity contribution in [2.24, 2.45) is 0 Å². The van der Waals surface area contributed by atoms with Crippen molar-refractivity contribution in [1.29, 1.82) is 0 Å². The van der Waals surface area contributed by atoms with Crippen LogP contribution in [0.5, 0.6) is 0 Å². The first kappa shape index (κ1) is 14.8. The second kappa shape index (κ2) is 5.40. The van der Waals surface area contributed by atoms with Gasteiger partial charge < -0.3 is 14.8 Å². The van der Waals surface area contributed by atoms with Crippen molar-refractivity contribution < 1.29 is 23.9 Å². The minimum absolute atomic E-state index is 0.216. The first-order valence-corrected chi connectivity index (χ1v) is 6.33. The SMILES string of the molecule is CC(=O)Nc1ccccc1C=C1C(=O)OC(C)(C)OC1=O. The van der Waals surface area contributed by atoms with Gasteiger partial charge in [0.2, 0.25) is 5.91 Å². The Morgan fingerprint density at radius 2 is 1.71 bits per heavy atom. The highest BCUT2D eigenvalue weighted by Gasteiger charge is 2.38. The molecule has 1 heterocycles. The topological polar surface area (TPSA) is 81.7 Å². The molecule has 1 amide bonds. The summed E-state index contributed by atoms with van der Waals surface area (Å²) in [5.74, 6) is -3.04. The molecule has 1 aromatic carbocycles. The molecule has 1 aliphatic heterocycles. The minimum Gasteiger partial charge on any atom is -0.419 e. The fourth-order valence-electron chi connectivity index (χ4n) is 1.86. The zero-order chi connectivity index (χ0) is 15.6. The predicted molar refractivity (Wildman–Crippen MR) is 75.0 cm³/mol. The zero-order valence-corrected chi connectivity index (χ0v) is 11.9. The number of rotatable bonds is 2. The molecular formula is C15H15NO5. The molecule has 0 atom stereocenters.